The van der Waals surface area contributed by atoms with Gasteiger partial charge in [0.05, 0.1) is 6.54 Å². The Kier molecular flexibility index (Phi) is 49.5. The summed E-state index contributed by atoms with van der Waals surface area (Å²) in [4.78, 5) is 58.3. The van der Waals surface area contributed by atoms with E-state index in [4.69, 9.17) is 11.6 Å². The minimum absolute atomic E-state index is 0.00649. The number of carbonyl (C=O) groups is 5. The summed E-state index contributed by atoms with van der Waals surface area (Å²) in [6, 6.07) is 0. The lowest BCUT2D eigenvalue weighted by Crippen LogP contribution is -2.45. The molecule has 0 bridgehead atoms. The van der Waals surface area contributed by atoms with E-state index >= 15 is 0 Å². The summed E-state index contributed by atoms with van der Waals surface area (Å²) >= 11 is 4.26. The van der Waals surface area contributed by atoms with E-state index in [0.29, 0.717) is 64.1 Å². The number of hydrogen-bond acceptors (Lipinski definition) is 10. The lowest BCUT2D eigenvalue weighted by Gasteiger charge is -2.31. The summed E-state index contributed by atoms with van der Waals surface area (Å²) in [5.41, 5.74) is 6.59. The van der Waals surface area contributed by atoms with E-state index in [2.05, 4.69) is 49.5 Å². The second-order valence-electron chi connectivity index (χ2n) is 18.6. The number of unbranched alkanes of at least 4 members (excludes halogenated alkanes) is 22. The zero-order chi connectivity index (χ0) is 49.3. The van der Waals surface area contributed by atoms with Crippen LogP contribution < -0.4 is 27.5 Å². The van der Waals surface area contributed by atoms with Crippen LogP contribution in [0.2, 0.25) is 0 Å². The lowest BCUT2D eigenvalue weighted by molar-refractivity contribution is -0.132. The Morgan fingerprint density at radius 2 is 1.00 bits per heavy atom. The third-order valence-electron chi connectivity index (χ3n) is 11.8. The monoisotopic (exact) mass is 953 g/mol. The van der Waals surface area contributed by atoms with E-state index in [1.165, 1.54) is 128 Å². The Labute approximate surface area is 410 Å². The Hall–Kier alpha value is -2.84. The molecule has 0 aromatic rings. The summed E-state index contributed by atoms with van der Waals surface area (Å²) in [5.74, 6) is 6.04. The van der Waals surface area contributed by atoms with Crippen LogP contribution in [0.5, 0.6) is 0 Å². The van der Waals surface area contributed by atoms with Gasteiger partial charge in [-0.1, -0.05) is 182 Å². The number of amides is 4. The molecular formula is C52H104N8O5S. The number of nitrogens with zero attached hydrogens (tertiary/aromatic N) is 3. The van der Waals surface area contributed by atoms with Gasteiger partial charge in [-0.25, -0.2) is 10.1 Å². The predicted octanol–water partition coefficient (Wildman–Crippen LogP) is 10.3. The van der Waals surface area contributed by atoms with Crippen LogP contribution in [0.3, 0.4) is 0 Å². The Balaban J connectivity index is 0. The maximum atomic E-state index is 12.1. The van der Waals surface area contributed by atoms with Crippen LogP contribution in [0.1, 0.15) is 234 Å². The van der Waals surface area contributed by atoms with Gasteiger partial charge in [0.1, 0.15) is 5.78 Å². The number of hydrazine groups is 1. The molecule has 66 heavy (non-hydrogen) atoms. The highest BCUT2D eigenvalue weighted by atomic mass is 32.1. The highest BCUT2D eigenvalue weighted by Crippen LogP contribution is 2.15. The fourth-order valence-electron chi connectivity index (χ4n) is 7.44. The summed E-state index contributed by atoms with van der Waals surface area (Å²) < 4.78 is 1.90. The number of nitrogens with two attached hydrogens (primary N) is 2. The van der Waals surface area contributed by atoms with Crippen LogP contribution in [0.25, 0.3) is 0 Å². The van der Waals surface area contributed by atoms with E-state index in [0.717, 1.165) is 70.3 Å². The number of piperazine rings is 1. The van der Waals surface area contributed by atoms with Crippen LogP contribution in [0.4, 0.5) is 0 Å². The molecule has 1 fully saturated rings. The van der Waals surface area contributed by atoms with Crippen molar-refractivity contribution in [2.45, 2.75) is 234 Å². The van der Waals surface area contributed by atoms with Gasteiger partial charge in [-0.05, 0) is 44.9 Å². The first-order valence-electron chi connectivity index (χ1n) is 26.8. The number of rotatable bonds is 41. The average Bonchev–Trinajstić information content (AvgIpc) is 3.30. The number of allylic oxidation sites excluding steroid dienone is 1. The minimum Gasteiger partial charge on any atom is -0.401 e. The molecule has 1 rings (SSSR count). The van der Waals surface area contributed by atoms with Gasteiger partial charge in [0.15, 0.2) is 0 Å². The van der Waals surface area contributed by atoms with Gasteiger partial charge < -0.3 is 31.6 Å². The zero-order valence-corrected chi connectivity index (χ0v) is 44.2. The van der Waals surface area contributed by atoms with Crippen LogP contribution in [0.15, 0.2) is 11.9 Å². The highest BCUT2D eigenvalue weighted by Gasteiger charge is 2.19. The number of ketones is 1. The largest absolute Gasteiger partial charge is 0.401 e. The molecule has 7 N–H and O–H groups in total. The molecule has 388 valence electrons. The molecule has 0 aromatic heterocycles. The molecule has 0 radical (unpaired) electrons. The van der Waals surface area contributed by atoms with Gasteiger partial charge in [-0.3, -0.25) is 24.0 Å². The summed E-state index contributed by atoms with van der Waals surface area (Å²) in [6.07, 6.45) is 39.8. The van der Waals surface area contributed by atoms with E-state index < -0.39 is 0 Å². The third kappa shape index (κ3) is 47.6. The van der Waals surface area contributed by atoms with Gasteiger partial charge in [0.2, 0.25) is 24.1 Å². The SMILES string of the molecule is CCCCCCCCCCCCCCCCCCCCCC.CCCCN(N)/C=C(\N)CCCC(=O)C(C)C.O=CNCC(=O)NCCCCCNC(=O)CCCC(=O)N1CCN(S)CC1. The van der Waals surface area contributed by atoms with Gasteiger partial charge >= 0.3 is 0 Å². The molecule has 4 amide bonds. The lowest BCUT2D eigenvalue weighted by atomic mass is 10.0. The molecule has 0 atom stereocenters. The number of hydrogen-bond donors (Lipinski definition) is 6. The average molecular weight is 954 g/mol. The van der Waals surface area contributed by atoms with Crippen molar-refractivity contribution >= 4 is 42.7 Å². The molecule has 0 aliphatic carbocycles. The van der Waals surface area contributed by atoms with Gasteiger partial charge in [-0.15, -0.1) is 0 Å². The van der Waals surface area contributed by atoms with E-state index in [9.17, 15) is 24.0 Å². The fourth-order valence-corrected chi connectivity index (χ4v) is 7.62. The zero-order valence-electron chi connectivity index (χ0n) is 43.3. The molecule has 14 heteroatoms. The summed E-state index contributed by atoms with van der Waals surface area (Å²) in [7, 11) is 0. The maximum absolute atomic E-state index is 12.1. The maximum Gasteiger partial charge on any atom is 0.239 e. The molecule has 0 unspecified atom stereocenters. The summed E-state index contributed by atoms with van der Waals surface area (Å²) in [5, 5.41) is 9.47. The van der Waals surface area contributed by atoms with Crippen molar-refractivity contribution < 1.29 is 24.0 Å². The van der Waals surface area contributed by atoms with Crippen molar-refractivity contribution in [3.05, 3.63) is 11.9 Å². The van der Waals surface area contributed by atoms with Crippen LogP contribution in [0, 0.1) is 5.92 Å². The standard InChI is InChI=1S/C22H46.C17H31N5O4S.C13H27N3O/c1-3-5-7-9-11-13-15-17-19-21-22-20-18-16-14-12-10-8-6-4-2;23-14-18-13-16(25)20-8-3-1-2-7-19-15(24)5-4-6-17(26)21-9-11-22(27)12-10-21;1-4-5-9-16(15)10-12(14)7-6-8-13(17)11(2)3/h3-22H2,1-2H3;14,27H,1-13H2,(H,18,23)(H,19,24)(H,20,25);10-11H,4-9,14-15H2,1-3H3/b;;12-10-. The minimum atomic E-state index is -0.211. The molecule has 0 aromatic carbocycles. The quantitative estimate of drug-likeness (QED) is 0.0114. The molecule has 1 saturated heterocycles. The van der Waals surface area contributed by atoms with Crippen LogP contribution >= 0.6 is 12.8 Å². The number of nitrogens with one attached hydrogen (secondary N) is 3. The third-order valence-corrected chi connectivity index (χ3v) is 12.2. The molecule has 13 nitrogen and oxygen atoms in total. The molecule has 0 spiro atoms. The smallest absolute Gasteiger partial charge is 0.239 e. The first kappa shape index (κ1) is 65.2. The van der Waals surface area contributed by atoms with Gasteiger partial charge in [-0.2, -0.15) is 0 Å². The number of thiol groups is 1. The molecule has 0 saturated carbocycles. The number of carbonyl (C=O) groups excluding carboxylic acids is 5. The van der Waals surface area contributed by atoms with E-state index in [1.807, 2.05) is 23.1 Å². The van der Waals surface area contributed by atoms with Crippen molar-refractivity contribution in [1.29, 1.82) is 0 Å². The van der Waals surface area contributed by atoms with Crippen molar-refractivity contribution in [3.63, 3.8) is 0 Å². The Bertz CT molecular complexity index is 1170. The normalized spacial score (nSPS) is 12.7. The first-order chi connectivity index (χ1) is 31.9. The molecule has 1 heterocycles. The van der Waals surface area contributed by atoms with Crippen molar-refractivity contribution in [2.75, 3.05) is 52.4 Å². The number of Topliss-reactive ketones (excluding diaryl/α,β-unsaturated/α-hetero) is 1. The highest BCUT2D eigenvalue weighted by molar-refractivity contribution is 7.77. The topological polar surface area (TPSA) is 183 Å². The summed E-state index contributed by atoms with van der Waals surface area (Å²) in [6.45, 7) is 15.5. The van der Waals surface area contributed by atoms with E-state index in [1.54, 1.807) is 11.2 Å². The second kappa shape index (κ2) is 50.0. The Morgan fingerprint density at radius 1 is 0.576 bits per heavy atom. The first-order valence-corrected chi connectivity index (χ1v) is 27.2. The predicted molar refractivity (Wildman–Crippen MR) is 280 cm³/mol. The molecular weight excluding hydrogens is 849 g/mol. The van der Waals surface area contributed by atoms with Crippen molar-refractivity contribution in [2.24, 2.45) is 17.5 Å². The van der Waals surface area contributed by atoms with Crippen LogP contribution in [-0.2, 0) is 24.0 Å². The van der Waals surface area contributed by atoms with Gasteiger partial charge in [0.25, 0.3) is 0 Å². The Morgan fingerprint density at radius 3 is 1.44 bits per heavy atom. The molecule has 1 aliphatic rings. The second-order valence-corrected chi connectivity index (χ2v) is 19.1. The van der Waals surface area contributed by atoms with Gasteiger partial charge in [0, 0.05) is 82.9 Å². The molecule has 1 aliphatic heterocycles. The van der Waals surface area contributed by atoms with Crippen LogP contribution in [-0.4, -0.2) is 96.5 Å². The fraction of sp³-hybridized carbons (Fsp3) is 0.865. The van der Waals surface area contributed by atoms with Crippen molar-refractivity contribution in [1.82, 2.24) is 30.2 Å². The van der Waals surface area contributed by atoms with Crippen molar-refractivity contribution in [3.8, 4) is 0 Å². The van der Waals surface area contributed by atoms with E-state index in [-0.39, 0.29) is 30.2 Å².